The first kappa shape index (κ1) is 21.8. The second-order valence-corrected chi connectivity index (χ2v) is 8.52. The number of hydrogen-bond acceptors (Lipinski definition) is 5. The fourth-order valence-corrected chi connectivity index (χ4v) is 3.40. The molecule has 0 aliphatic rings. The van der Waals surface area contributed by atoms with Crippen molar-refractivity contribution in [1.29, 1.82) is 0 Å². The Morgan fingerprint density at radius 2 is 1.54 bits per heavy atom. The minimum absolute atomic E-state index is 0.211. The van der Waals surface area contributed by atoms with Crippen molar-refractivity contribution in [2.24, 2.45) is 0 Å². The van der Waals surface area contributed by atoms with E-state index in [1.165, 1.54) is 6.26 Å². The predicted molar refractivity (Wildman–Crippen MR) is 108 cm³/mol. The highest BCUT2D eigenvalue weighted by Crippen LogP contribution is 2.22. The summed E-state index contributed by atoms with van der Waals surface area (Å²) in [5, 5.41) is 3.00. The molecule has 0 radical (unpaired) electrons. The lowest BCUT2D eigenvalue weighted by atomic mass is 10.0. The van der Waals surface area contributed by atoms with E-state index in [2.05, 4.69) is 5.32 Å². The second kappa shape index (κ2) is 9.59. The molecular weight excluding hydrogens is 378 g/mol. The van der Waals surface area contributed by atoms with Gasteiger partial charge >= 0.3 is 0 Å². The summed E-state index contributed by atoms with van der Waals surface area (Å²) < 4.78 is 34.2. The van der Waals surface area contributed by atoms with Gasteiger partial charge in [-0.15, -0.1) is 0 Å². The molecule has 1 N–H and O–H groups in total. The highest BCUT2D eigenvalue weighted by Gasteiger charge is 2.22. The van der Waals surface area contributed by atoms with Crippen molar-refractivity contribution in [3.63, 3.8) is 0 Å². The van der Waals surface area contributed by atoms with E-state index in [-0.39, 0.29) is 16.8 Å². The molecule has 0 saturated heterocycles. The molecular formula is C21H27NO5S. The molecule has 0 aliphatic heterocycles. The standard InChI is InChI=1S/C21H27NO5S/c1-5-19(15-7-13-18(14-8-15)28(4,24)25)22-21(23)20(6-2)27-17-11-9-16(26-3)10-12-17/h7-14,19-20H,5-6H2,1-4H3,(H,22,23)/t19-,20-/m0/s1. The topological polar surface area (TPSA) is 81.7 Å². The van der Waals surface area contributed by atoms with Crippen molar-refractivity contribution >= 4 is 15.7 Å². The maximum absolute atomic E-state index is 12.7. The lowest BCUT2D eigenvalue weighted by molar-refractivity contribution is -0.128. The van der Waals surface area contributed by atoms with Gasteiger partial charge < -0.3 is 14.8 Å². The van der Waals surface area contributed by atoms with Crippen LogP contribution in [0.4, 0.5) is 0 Å². The SMILES string of the molecule is CC[C@H](Oc1ccc(OC)cc1)C(=O)N[C@@H](CC)c1ccc(S(C)(=O)=O)cc1. The van der Waals surface area contributed by atoms with Gasteiger partial charge in [-0.05, 0) is 54.8 Å². The Kier molecular flexibility index (Phi) is 7.45. The van der Waals surface area contributed by atoms with Crippen LogP contribution in [0.25, 0.3) is 0 Å². The van der Waals surface area contributed by atoms with E-state index in [0.717, 1.165) is 5.56 Å². The van der Waals surface area contributed by atoms with Crippen LogP contribution in [0.3, 0.4) is 0 Å². The van der Waals surface area contributed by atoms with Crippen molar-refractivity contribution in [2.45, 2.75) is 43.7 Å². The summed E-state index contributed by atoms with van der Waals surface area (Å²) in [4.78, 5) is 13.0. The third kappa shape index (κ3) is 5.73. The van der Waals surface area contributed by atoms with Gasteiger partial charge in [-0.2, -0.15) is 0 Å². The van der Waals surface area contributed by atoms with Crippen LogP contribution in [0.1, 0.15) is 38.3 Å². The summed E-state index contributed by atoms with van der Waals surface area (Å²) in [6.07, 6.45) is 1.73. The van der Waals surface area contributed by atoms with E-state index >= 15 is 0 Å². The largest absolute Gasteiger partial charge is 0.497 e. The number of carbonyl (C=O) groups is 1. The molecule has 0 fully saturated rings. The highest BCUT2D eigenvalue weighted by atomic mass is 32.2. The van der Waals surface area contributed by atoms with Gasteiger partial charge in [-0.25, -0.2) is 8.42 Å². The van der Waals surface area contributed by atoms with Crippen molar-refractivity contribution in [3.8, 4) is 11.5 Å². The molecule has 0 aromatic heterocycles. The average molecular weight is 406 g/mol. The van der Waals surface area contributed by atoms with Crippen molar-refractivity contribution in [2.75, 3.05) is 13.4 Å². The number of nitrogens with one attached hydrogen (secondary N) is 1. The second-order valence-electron chi connectivity index (χ2n) is 6.50. The van der Waals surface area contributed by atoms with Gasteiger partial charge in [-0.3, -0.25) is 4.79 Å². The van der Waals surface area contributed by atoms with Crippen LogP contribution in [0.5, 0.6) is 11.5 Å². The van der Waals surface area contributed by atoms with E-state index in [1.54, 1.807) is 55.6 Å². The molecule has 2 atom stereocenters. The fraction of sp³-hybridized carbons (Fsp3) is 0.381. The van der Waals surface area contributed by atoms with E-state index in [9.17, 15) is 13.2 Å². The van der Waals surface area contributed by atoms with Crippen LogP contribution < -0.4 is 14.8 Å². The van der Waals surface area contributed by atoms with Gasteiger partial charge in [-0.1, -0.05) is 26.0 Å². The minimum Gasteiger partial charge on any atom is -0.497 e. The average Bonchev–Trinajstić information content (AvgIpc) is 2.70. The Morgan fingerprint density at radius 1 is 0.964 bits per heavy atom. The number of carbonyl (C=O) groups excluding carboxylic acids is 1. The first-order chi connectivity index (χ1) is 13.3. The Labute approximate surface area is 166 Å². The first-order valence-corrected chi connectivity index (χ1v) is 11.1. The number of methoxy groups -OCH3 is 1. The summed E-state index contributed by atoms with van der Waals surface area (Å²) in [5.41, 5.74) is 0.850. The Hall–Kier alpha value is -2.54. The molecule has 7 heteroatoms. The van der Waals surface area contributed by atoms with Gasteiger partial charge in [0.2, 0.25) is 0 Å². The van der Waals surface area contributed by atoms with E-state index in [1.807, 2.05) is 13.8 Å². The summed E-state index contributed by atoms with van der Waals surface area (Å²) in [6.45, 7) is 3.84. The molecule has 2 aromatic rings. The molecule has 2 rings (SSSR count). The van der Waals surface area contributed by atoms with E-state index in [4.69, 9.17) is 9.47 Å². The molecule has 1 amide bonds. The van der Waals surface area contributed by atoms with E-state index < -0.39 is 15.9 Å². The maximum atomic E-state index is 12.7. The Balaban J connectivity index is 2.07. The number of benzene rings is 2. The van der Waals surface area contributed by atoms with Crippen LogP contribution >= 0.6 is 0 Å². The number of hydrogen-bond donors (Lipinski definition) is 1. The van der Waals surface area contributed by atoms with Gasteiger partial charge in [0.15, 0.2) is 15.9 Å². The maximum Gasteiger partial charge on any atom is 0.261 e. The first-order valence-electron chi connectivity index (χ1n) is 9.19. The van der Waals surface area contributed by atoms with Gasteiger partial charge in [0.05, 0.1) is 18.0 Å². The van der Waals surface area contributed by atoms with E-state index in [0.29, 0.717) is 24.3 Å². The zero-order chi connectivity index (χ0) is 20.7. The quantitative estimate of drug-likeness (QED) is 0.690. The number of ether oxygens (including phenoxy) is 2. The predicted octanol–water partition coefficient (Wildman–Crippen LogP) is 3.52. The van der Waals surface area contributed by atoms with Crippen LogP contribution in [0.2, 0.25) is 0 Å². The Morgan fingerprint density at radius 3 is 2.00 bits per heavy atom. The zero-order valence-electron chi connectivity index (χ0n) is 16.6. The van der Waals surface area contributed by atoms with Gasteiger partial charge in [0.25, 0.3) is 5.91 Å². The molecule has 2 aromatic carbocycles. The van der Waals surface area contributed by atoms with Crippen molar-refractivity contribution in [1.82, 2.24) is 5.32 Å². The smallest absolute Gasteiger partial charge is 0.261 e. The Bertz CT molecular complexity index is 876. The summed E-state index contributed by atoms with van der Waals surface area (Å²) in [5.74, 6) is 1.10. The van der Waals surface area contributed by atoms with Crippen molar-refractivity contribution in [3.05, 3.63) is 54.1 Å². The molecule has 0 bridgehead atoms. The molecule has 6 nitrogen and oxygen atoms in total. The summed E-state index contributed by atoms with van der Waals surface area (Å²) in [7, 11) is -1.66. The number of sulfone groups is 1. The molecule has 0 spiro atoms. The third-order valence-electron chi connectivity index (χ3n) is 4.44. The monoisotopic (exact) mass is 405 g/mol. The van der Waals surface area contributed by atoms with Crippen LogP contribution in [-0.2, 0) is 14.6 Å². The molecule has 28 heavy (non-hydrogen) atoms. The zero-order valence-corrected chi connectivity index (χ0v) is 17.5. The lowest BCUT2D eigenvalue weighted by Gasteiger charge is -2.22. The van der Waals surface area contributed by atoms with Crippen LogP contribution in [0.15, 0.2) is 53.4 Å². The summed E-state index contributed by atoms with van der Waals surface area (Å²) in [6, 6.07) is 13.4. The molecule has 0 unspecified atom stereocenters. The molecule has 152 valence electrons. The summed E-state index contributed by atoms with van der Waals surface area (Å²) >= 11 is 0. The lowest BCUT2D eigenvalue weighted by Crippen LogP contribution is -2.39. The van der Waals surface area contributed by atoms with Gasteiger partial charge in [0, 0.05) is 6.26 Å². The molecule has 0 aliphatic carbocycles. The van der Waals surface area contributed by atoms with Crippen molar-refractivity contribution < 1.29 is 22.7 Å². The molecule has 0 saturated carbocycles. The number of rotatable bonds is 9. The highest BCUT2D eigenvalue weighted by molar-refractivity contribution is 7.90. The van der Waals surface area contributed by atoms with Crippen LogP contribution in [-0.4, -0.2) is 33.8 Å². The van der Waals surface area contributed by atoms with Gasteiger partial charge in [0.1, 0.15) is 11.5 Å². The third-order valence-corrected chi connectivity index (χ3v) is 5.56. The molecule has 0 heterocycles. The van der Waals surface area contributed by atoms with Crippen LogP contribution in [0, 0.1) is 0 Å². The fourth-order valence-electron chi connectivity index (χ4n) is 2.77. The normalized spacial score (nSPS) is 13.4. The number of amides is 1. The minimum atomic E-state index is -3.25.